The summed E-state index contributed by atoms with van der Waals surface area (Å²) in [6, 6.07) is 4.49. The fraction of sp³-hybridized carbons (Fsp3) is 0.385. The van der Waals surface area contributed by atoms with Gasteiger partial charge in [-0.3, -0.25) is 0 Å². The maximum Gasteiger partial charge on any atom is 0.335 e. The molecule has 0 saturated heterocycles. The van der Waals surface area contributed by atoms with Gasteiger partial charge in [0.1, 0.15) is 0 Å². The number of carbonyl (C=O) groups is 2. The van der Waals surface area contributed by atoms with Gasteiger partial charge >= 0.3 is 12.0 Å². The number of carbonyl (C=O) groups excluding carboxylic acids is 1. The molecule has 0 spiro atoms. The second-order valence-electron chi connectivity index (χ2n) is 4.58. The summed E-state index contributed by atoms with van der Waals surface area (Å²) >= 11 is 3.25. The van der Waals surface area contributed by atoms with Crippen molar-refractivity contribution in [2.45, 2.75) is 31.7 Å². The molecule has 19 heavy (non-hydrogen) atoms. The lowest BCUT2D eigenvalue weighted by atomic mass is 10.2. The lowest BCUT2D eigenvalue weighted by Crippen LogP contribution is -2.36. The molecule has 1 aliphatic carbocycles. The van der Waals surface area contributed by atoms with E-state index in [1.54, 1.807) is 6.07 Å². The van der Waals surface area contributed by atoms with Gasteiger partial charge in [0, 0.05) is 10.5 Å². The number of carboxylic acid groups (broad SMARTS) is 1. The molecular weight excluding hydrogens is 312 g/mol. The number of hydrogen-bond donors (Lipinski definition) is 3. The van der Waals surface area contributed by atoms with Crippen LogP contribution in [-0.2, 0) is 0 Å². The molecule has 0 aliphatic heterocycles. The van der Waals surface area contributed by atoms with E-state index in [1.807, 2.05) is 0 Å². The minimum absolute atomic E-state index is 0.175. The third-order valence-electron chi connectivity index (χ3n) is 3.15. The van der Waals surface area contributed by atoms with Gasteiger partial charge in [-0.15, -0.1) is 0 Å². The molecule has 1 saturated carbocycles. The van der Waals surface area contributed by atoms with Crippen molar-refractivity contribution in [2.75, 3.05) is 5.32 Å². The SMILES string of the molecule is O=C(Nc1ccc(C(=O)O)cc1Br)NC1CCCC1. The number of anilines is 1. The Labute approximate surface area is 119 Å². The summed E-state index contributed by atoms with van der Waals surface area (Å²) in [6.45, 7) is 0. The minimum Gasteiger partial charge on any atom is -0.478 e. The number of nitrogens with one attached hydrogen (secondary N) is 2. The number of halogens is 1. The second kappa shape index (κ2) is 6.06. The quantitative estimate of drug-likeness (QED) is 0.798. The number of amides is 2. The highest BCUT2D eigenvalue weighted by Gasteiger charge is 2.17. The highest BCUT2D eigenvalue weighted by atomic mass is 79.9. The topological polar surface area (TPSA) is 78.4 Å². The average molecular weight is 327 g/mol. The van der Waals surface area contributed by atoms with Crippen LogP contribution in [0.5, 0.6) is 0 Å². The van der Waals surface area contributed by atoms with Crippen molar-refractivity contribution in [1.82, 2.24) is 5.32 Å². The summed E-state index contributed by atoms with van der Waals surface area (Å²) in [5.74, 6) is -0.998. The van der Waals surface area contributed by atoms with E-state index >= 15 is 0 Å². The Morgan fingerprint density at radius 2 is 1.95 bits per heavy atom. The Hall–Kier alpha value is -1.56. The first-order valence-corrected chi connectivity index (χ1v) is 6.96. The Bertz CT molecular complexity index is 499. The highest BCUT2D eigenvalue weighted by molar-refractivity contribution is 9.10. The summed E-state index contributed by atoms with van der Waals surface area (Å²) in [7, 11) is 0. The molecule has 6 heteroatoms. The van der Waals surface area contributed by atoms with Crippen molar-refractivity contribution in [1.29, 1.82) is 0 Å². The maximum atomic E-state index is 11.8. The molecule has 0 unspecified atom stereocenters. The Kier molecular flexibility index (Phi) is 4.42. The lowest BCUT2D eigenvalue weighted by Gasteiger charge is -2.14. The Morgan fingerprint density at radius 1 is 1.26 bits per heavy atom. The molecule has 3 N–H and O–H groups in total. The van der Waals surface area contributed by atoms with E-state index in [9.17, 15) is 9.59 Å². The van der Waals surface area contributed by atoms with E-state index in [2.05, 4.69) is 26.6 Å². The van der Waals surface area contributed by atoms with Gasteiger partial charge in [-0.25, -0.2) is 9.59 Å². The molecule has 0 aromatic heterocycles. The van der Waals surface area contributed by atoms with Gasteiger partial charge in [0.05, 0.1) is 11.3 Å². The number of aromatic carboxylic acids is 1. The molecule has 1 fully saturated rings. The Morgan fingerprint density at radius 3 is 2.53 bits per heavy atom. The molecule has 102 valence electrons. The zero-order valence-corrected chi connectivity index (χ0v) is 11.9. The zero-order chi connectivity index (χ0) is 13.8. The van der Waals surface area contributed by atoms with E-state index in [1.165, 1.54) is 12.1 Å². The fourth-order valence-corrected chi connectivity index (χ4v) is 2.64. The van der Waals surface area contributed by atoms with E-state index in [0.29, 0.717) is 10.2 Å². The number of benzene rings is 1. The third kappa shape index (κ3) is 3.70. The van der Waals surface area contributed by atoms with Gasteiger partial charge in [-0.2, -0.15) is 0 Å². The molecule has 5 nitrogen and oxygen atoms in total. The third-order valence-corrected chi connectivity index (χ3v) is 3.81. The van der Waals surface area contributed by atoms with Gasteiger partial charge < -0.3 is 15.7 Å². The van der Waals surface area contributed by atoms with E-state index in [4.69, 9.17) is 5.11 Å². The van der Waals surface area contributed by atoms with Crippen LogP contribution in [0.15, 0.2) is 22.7 Å². The first kappa shape index (κ1) is 13.9. The molecule has 0 radical (unpaired) electrons. The summed E-state index contributed by atoms with van der Waals surface area (Å²) in [4.78, 5) is 22.6. The van der Waals surface area contributed by atoms with Crippen LogP contribution in [0.1, 0.15) is 36.0 Å². The van der Waals surface area contributed by atoms with Crippen LogP contribution >= 0.6 is 15.9 Å². The van der Waals surface area contributed by atoms with E-state index < -0.39 is 5.97 Å². The maximum absolute atomic E-state index is 11.8. The molecule has 1 aliphatic rings. The summed E-state index contributed by atoms with van der Waals surface area (Å²) < 4.78 is 0.550. The lowest BCUT2D eigenvalue weighted by molar-refractivity contribution is 0.0697. The van der Waals surface area contributed by atoms with Crippen LogP contribution < -0.4 is 10.6 Å². The monoisotopic (exact) mass is 326 g/mol. The molecular formula is C13H15BrN2O3. The number of hydrogen-bond acceptors (Lipinski definition) is 2. The van der Waals surface area contributed by atoms with Crippen molar-refractivity contribution in [3.8, 4) is 0 Å². The molecule has 1 aromatic carbocycles. The average Bonchev–Trinajstić information content (AvgIpc) is 2.84. The van der Waals surface area contributed by atoms with Crippen LogP contribution in [0.3, 0.4) is 0 Å². The molecule has 0 bridgehead atoms. The summed E-state index contributed by atoms with van der Waals surface area (Å²) in [5.41, 5.74) is 0.731. The van der Waals surface area contributed by atoms with Gasteiger partial charge in [-0.05, 0) is 47.0 Å². The predicted molar refractivity (Wildman–Crippen MR) is 75.5 cm³/mol. The normalized spacial score (nSPS) is 15.2. The number of urea groups is 1. The van der Waals surface area contributed by atoms with Crippen molar-refractivity contribution >= 4 is 33.6 Å². The van der Waals surface area contributed by atoms with Gasteiger partial charge in [0.25, 0.3) is 0 Å². The molecule has 2 amide bonds. The van der Waals surface area contributed by atoms with E-state index in [0.717, 1.165) is 25.7 Å². The predicted octanol–water partition coefficient (Wildman–Crippen LogP) is 3.21. The van der Waals surface area contributed by atoms with Crippen molar-refractivity contribution < 1.29 is 14.7 Å². The summed E-state index contributed by atoms with van der Waals surface area (Å²) in [6.07, 6.45) is 4.35. The molecule has 1 aromatic rings. The van der Waals surface area contributed by atoms with Crippen molar-refractivity contribution in [2.24, 2.45) is 0 Å². The fourth-order valence-electron chi connectivity index (χ4n) is 2.16. The first-order valence-electron chi connectivity index (χ1n) is 6.16. The van der Waals surface area contributed by atoms with E-state index in [-0.39, 0.29) is 17.6 Å². The summed E-state index contributed by atoms with van der Waals surface area (Å²) in [5, 5.41) is 14.5. The second-order valence-corrected chi connectivity index (χ2v) is 5.43. The van der Waals surface area contributed by atoms with Crippen LogP contribution in [0.25, 0.3) is 0 Å². The largest absolute Gasteiger partial charge is 0.478 e. The Balaban J connectivity index is 1.98. The van der Waals surface area contributed by atoms with Crippen LogP contribution in [0, 0.1) is 0 Å². The van der Waals surface area contributed by atoms with Crippen LogP contribution in [0.4, 0.5) is 10.5 Å². The number of rotatable bonds is 3. The smallest absolute Gasteiger partial charge is 0.335 e. The van der Waals surface area contributed by atoms with Crippen LogP contribution in [0.2, 0.25) is 0 Å². The molecule has 2 rings (SSSR count). The van der Waals surface area contributed by atoms with Crippen molar-refractivity contribution in [3.63, 3.8) is 0 Å². The van der Waals surface area contributed by atoms with Gasteiger partial charge in [0.15, 0.2) is 0 Å². The van der Waals surface area contributed by atoms with Crippen LogP contribution in [-0.4, -0.2) is 23.1 Å². The standard InChI is InChI=1S/C13H15BrN2O3/c14-10-7-8(12(17)18)5-6-11(10)16-13(19)15-9-3-1-2-4-9/h5-7,9H,1-4H2,(H,17,18)(H2,15,16,19). The first-order chi connectivity index (χ1) is 9.06. The van der Waals surface area contributed by atoms with Crippen molar-refractivity contribution in [3.05, 3.63) is 28.2 Å². The van der Waals surface area contributed by atoms with Gasteiger partial charge in [0.2, 0.25) is 0 Å². The molecule has 0 heterocycles. The highest BCUT2D eigenvalue weighted by Crippen LogP contribution is 2.24. The molecule has 0 atom stereocenters. The minimum atomic E-state index is -0.998. The zero-order valence-electron chi connectivity index (χ0n) is 10.3. The van der Waals surface area contributed by atoms with Gasteiger partial charge in [-0.1, -0.05) is 12.8 Å². The number of carboxylic acids is 1.